The van der Waals surface area contributed by atoms with E-state index in [9.17, 15) is 15.3 Å². The van der Waals surface area contributed by atoms with Crippen LogP contribution in [0.3, 0.4) is 0 Å². The van der Waals surface area contributed by atoms with Crippen molar-refractivity contribution in [1.29, 1.82) is 0 Å². The van der Waals surface area contributed by atoms with Crippen molar-refractivity contribution in [2.45, 2.75) is 30.8 Å². The maximum absolute atomic E-state index is 9.90. The van der Waals surface area contributed by atoms with E-state index in [0.29, 0.717) is 11.2 Å². The van der Waals surface area contributed by atoms with Gasteiger partial charge in [0.2, 0.25) is 0 Å². The van der Waals surface area contributed by atoms with Crippen LogP contribution in [0.15, 0.2) is 12.7 Å². The molecular formula is C10H13N5O3. The summed E-state index contributed by atoms with van der Waals surface area (Å²) < 4.78 is 1.61. The normalized spacial score (nSPS) is 32.2. The number of aromatic nitrogens is 4. The Morgan fingerprint density at radius 1 is 1.17 bits per heavy atom. The Labute approximate surface area is 102 Å². The maximum atomic E-state index is 9.90. The number of imidazole rings is 1. The summed E-state index contributed by atoms with van der Waals surface area (Å²) in [6.07, 6.45) is -0.155. The zero-order valence-electron chi connectivity index (χ0n) is 9.38. The smallest absolute Gasteiger partial charge is 0.165 e. The predicted octanol–water partition coefficient (Wildman–Crippen LogP) is -1.56. The molecule has 8 heteroatoms. The number of aliphatic hydroxyl groups is 3. The summed E-state index contributed by atoms with van der Waals surface area (Å²) in [4.78, 5) is 12.0. The minimum absolute atomic E-state index is 0.234. The Bertz CT molecular complexity index is 586. The van der Waals surface area contributed by atoms with E-state index < -0.39 is 24.4 Å². The van der Waals surface area contributed by atoms with Gasteiger partial charge in [-0.1, -0.05) is 0 Å². The Kier molecular flexibility index (Phi) is 2.44. The molecule has 0 spiro atoms. The molecule has 0 bridgehead atoms. The summed E-state index contributed by atoms with van der Waals surface area (Å²) in [7, 11) is 0. The molecule has 1 saturated carbocycles. The molecule has 0 aromatic carbocycles. The van der Waals surface area contributed by atoms with Gasteiger partial charge >= 0.3 is 0 Å². The standard InChI is InChI=1S/C10H13N5O3/c11-9-6-10(13-2-12-9)15(3-14-6)4-1-5(16)8(18)7(4)17/h2-5,7-8,16-18H,1H2,(H2,11,12,13)/t4-,5+,7-,8?/m1/s1. The van der Waals surface area contributed by atoms with Crippen LogP contribution in [0.2, 0.25) is 0 Å². The van der Waals surface area contributed by atoms with Crippen LogP contribution in [0.4, 0.5) is 5.82 Å². The number of fused-ring (bicyclic) bond motifs is 1. The van der Waals surface area contributed by atoms with Crippen molar-refractivity contribution in [3.8, 4) is 0 Å². The Balaban J connectivity index is 2.08. The van der Waals surface area contributed by atoms with Gasteiger partial charge in [0, 0.05) is 0 Å². The maximum Gasteiger partial charge on any atom is 0.165 e. The van der Waals surface area contributed by atoms with Crippen molar-refractivity contribution in [2.75, 3.05) is 5.73 Å². The van der Waals surface area contributed by atoms with Crippen LogP contribution in [0.5, 0.6) is 0 Å². The molecule has 8 nitrogen and oxygen atoms in total. The fourth-order valence-electron chi connectivity index (χ4n) is 2.37. The Morgan fingerprint density at radius 2 is 1.94 bits per heavy atom. The Morgan fingerprint density at radius 3 is 2.61 bits per heavy atom. The van der Waals surface area contributed by atoms with E-state index in [1.54, 1.807) is 4.57 Å². The summed E-state index contributed by atoms with van der Waals surface area (Å²) >= 11 is 0. The highest BCUT2D eigenvalue weighted by molar-refractivity contribution is 5.81. The molecule has 0 saturated heterocycles. The van der Waals surface area contributed by atoms with Crippen LogP contribution in [-0.2, 0) is 0 Å². The van der Waals surface area contributed by atoms with E-state index in [0.717, 1.165) is 0 Å². The largest absolute Gasteiger partial charge is 0.390 e. The first-order valence-electron chi connectivity index (χ1n) is 5.57. The van der Waals surface area contributed by atoms with Crippen molar-refractivity contribution in [1.82, 2.24) is 19.5 Å². The molecule has 3 rings (SSSR count). The molecule has 1 fully saturated rings. The summed E-state index contributed by atoms with van der Waals surface area (Å²) in [5.41, 5.74) is 6.59. The predicted molar refractivity (Wildman–Crippen MR) is 61.4 cm³/mol. The molecule has 4 atom stereocenters. The number of nitrogens with zero attached hydrogens (tertiary/aromatic N) is 4. The van der Waals surface area contributed by atoms with Gasteiger partial charge in [-0.2, -0.15) is 0 Å². The Hall–Kier alpha value is -1.77. The molecule has 1 unspecified atom stereocenters. The number of hydrogen-bond donors (Lipinski definition) is 4. The van der Waals surface area contributed by atoms with Crippen LogP contribution < -0.4 is 5.73 Å². The highest BCUT2D eigenvalue weighted by Gasteiger charge is 2.42. The molecule has 5 N–H and O–H groups in total. The van der Waals surface area contributed by atoms with E-state index >= 15 is 0 Å². The average molecular weight is 251 g/mol. The summed E-state index contributed by atoms with van der Waals surface area (Å²) in [6, 6.07) is -0.478. The second kappa shape index (κ2) is 3.87. The molecule has 1 aliphatic carbocycles. The highest BCUT2D eigenvalue weighted by atomic mass is 16.4. The quantitative estimate of drug-likeness (QED) is 0.482. The molecule has 2 heterocycles. The molecule has 18 heavy (non-hydrogen) atoms. The molecule has 2 aromatic heterocycles. The van der Waals surface area contributed by atoms with Crippen molar-refractivity contribution in [3.05, 3.63) is 12.7 Å². The van der Waals surface area contributed by atoms with Gasteiger partial charge in [0.1, 0.15) is 24.1 Å². The van der Waals surface area contributed by atoms with Gasteiger partial charge < -0.3 is 25.6 Å². The van der Waals surface area contributed by atoms with Crippen LogP contribution in [0.1, 0.15) is 12.5 Å². The van der Waals surface area contributed by atoms with Crippen LogP contribution in [0.25, 0.3) is 11.2 Å². The highest BCUT2D eigenvalue weighted by Crippen LogP contribution is 2.33. The van der Waals surface area contributed by atoms with E-state index in [-0.39, 0.29) is 12.2 Å². The topological polar surface area (TPSA) is 130 Å². The number of hydrogen-bond acceptors (Lipinski definition) is 7. The lowest BCUT2D eigenvalue weighted by Gasteiger charge is -2.17. The molecule has 0 aliphatic heterocycles. The molecule has 0 amide bonds. The summed E-state index contributed by atoms with van der Waals surface area (Å²) in [5, 5.41) is 29.0. The van der Waals surface area contributed by atoms with Crippen LogP contribution >= 0.6 is 0 Å². The monoisotopic (exact) mass is 251 g/mol. The van der Waals surface area contributed by atoms with Gasteiger partial charge in [-0.25, -0.2) is 15.0 Å². The number of aliphatic hydroxyl groups excluding tert-OH is 3. The van der Waals surface area contributed by atoms with Crippen molar-refractivity contribution >= 4 is 17.0 Å². The fraction of sp³-hybridized carbons (Fsp3) is 0.500. The average Bonchev–Trinajstić information content (AvgIpc) is 2.88. The lowest BCUT2D eigenvalue weighted by Crippen LogP contribution is -2.31. The van der Waals surface area contributed by atoms with Gasteiger partial charge in [0.05, 0.1) is 18.5 Å². The van der Waals surface area contributed by atoms with Crippen molar-refractivity contribution < 1.29 is 15.3 Å². The number of rotatable bonds is 1. The molecular weight excluding hydrogens is 238 g/mol. The zero-order valence-corrected chi connectivity index (χ0v) is 9.38. The summed E-state index contributed by atoms with van der Waals surface area (Å²) in [6.45, 7) is 0. The van der Waals surface area contributed by atoms with Crippen molar-refractivity contribution in [3.63, 3.8) is 0 Å². The van der Waals surface area contributed by atoms with Gasteiger partial charge in [0.25, 0.3) is 0 Å². The number of anilines is 1. The molecule has 0 radical (unpaired) electrons. The second-order valence-corrected chi connectivity index (χ2v) is 4.43. The van der Waals surface area contributed by atoms with E-state index in [4.69, 9.17) is 5.73 Å². The zero-order chi connectivity index (χ0) is 12.9. The second-order valence-electron chi connectivity index (χ2n) is 4.43. The number of nitrogens with two attached hydrogens (primary N) is 1. The first kappa shape index (κ1) is 11.3. The SMILES string of the molecule is Nc1ncnc2c1ncn2[C@@H]1C[C@H](O)C(O)[C@@H]1O. The first-order chi connectivity index (χ1) is 8.59. The third kappa shape index (κ3) is 1.47. The molecule has 96 valence electrons. The lowest BCUT2D eigenvalue weighted by molar-refractivity contribution is -0.0244. The fourth-order valence-corrected chi connectivity index (χ4v) is 2.37. The van der Waals surface area contributed by atoms with E-state index in [2.05, 4.69) is 15.0 Å². The lowest BCUT2D eigenvalue weighted by atomic mass is 10.2. The molecule has 2 aromatic rings. The summed E-state index contributed by atoms with van der Waals surface area (Å²) in [5.74, 6) is 0.257. The van der Waals surface area contributed by atoms with Gasteiger partial charge in [-0.15, -0.1) is 0 Å². The van der Waals surface area contributed by atoms with Gasteiger partial charge in [-0.3, -0.25) is 0 Å². The minimum Gasteiger partial charge on any atom is -0.390 e. The molecule has 1 aliphatic rings. The van der Waals surface area contributed by atoms with Crippen LogP contribution in [0, 0.1) is 0 Å². The third-order valence-electron chi connectivity index (χ3n) is 3.37. The van der Waals surface area contributed by atoms with Crippen molar-refractivity contribution in [2.24, 2.45) is 0 Å². The minimum atomic E-state index is -1.16. The van der Waals surface area contributed by atoms with E-state index in [1.807, 2.05) is 0 Å². The van der Waals surface area contributed by atoms with E-state index in [1.165, 1.54) is 12.7 Å². The van der Waals surface area contributed by atoms with Crippen LogP contribution in [-0.4, -0.2) is 53.2 Å². The van der Waals surface area contributed by atoms with Gasteiger partial charge in [-0.05, 0) is 6.42 Å². The van der Waals surface area contributed by atoms with Gasteiger partial charge in [0.15, 0.2) is 11.5 Å². The number of nitrogen functional groups attached to an aromatic ring is 1. The first-order valence-corrected chi connectivity index (χ1v) is 5.57. The third-order valence-corrected chi connectivity index (χ3v) is 3.37.